The van der Waals surface area contributed by atoms with Crippen LogP contribution in [0.3, 0.4) is 0 Å². The molecule has 0 amide bonds. The van der Waals surface area contributed by atoms with Crippen molar-refractivity contribution in [1.29, 1.82) is 0 Å². The molecule has 3 nitrogen and oxygen atoms in total. The lowest BCUT2D eigenvalue weighted by Crippen LogP contribution is -2.03. The molecule has 0 spiro atoms. The van der Waals surface area contributed by atoms with E-state index in [-0.39, 0.29) is 6.42 Å². The quantitative estimate of drug-likeness (QED) is 0.620. The van der Waals surface area contributed by atoms with Gasteiger partial charge in [-0.1, -0.05) is 41.9 Å². The van der Waals surface area contributed by atoms with Crippen LogP contribution in [0.2, 0.25) is 5.15 Å². The van der Waals surface area contributed by atoms with Crippen LogP contribution >= 0.6 is 11.6 Å². The molecule has 0 saturated carbocycles. The van der Waals surface area contributed by atoms with Crippen LogP contribution in [0.15, 0.2) is 36.4 Å². The Bertz CT molecular complexity index is 570. The van der Waals surface area contributed by atoms with Crippen molar-refractivity contribution in [2.45, 2.75) is 20.0 Å². The van der Waals surface area contributed by atoms with Crippen molar-refractivity contribution in [2.75, 3.05) is 0 Å². The molecule has 0 saturated heterocycles. The first kappa shape index (κ1) is 13.6. The third-order valence-electron chi connectivity index (χ3n) is 2.78. The summed E-state index contributed by atoms with van der Waals surface area (Å²) >= 11 is 5.92. The summed E-state index contributed by atoms with van der Waals surface area (Å²) in [6.45, 7) is 2.26. The predicted octanol–water partition coefficient (Wildman–Crippen LogP) is 3.36. The number of ether oxygens (including phenoxy) is 1. The summed E-state index contributed by atoms with van der Waals surface area (Å²) in [5, 5.41) is 0.371. The van der Waals surface area contributed by atoms with Crippen molar-refractivity contribution in [1.82, 2.24) is 4.98 Å². The molecule has 0 bridgehead atoms. The van der Waals surface area contributed by atoms with Gasteiger partial charge in [-0.05, 0) is 12.5 Å². The first-order valence-corrected chi connectivity index (χ1v) is 6.35. The predicted molar refractivity (Wildman–Crippen MR) is 74.5 cm³/mol. The average molecular weight is 276 g/mol. The van der Waals surface area contributed by atoms with Crippen molar-refractivity contribution in [3.63, 3.8) is 0 Å². The summed E-state index contributed by atoms with van der Waals surface area (Å²) < 4.78 is 5.75. The van der Waals surface area contributed by atoms with Crippen molar-refractivity contribution < 1.29 is 9.53 Å². The van der Waals surface area contributed by atoms with Gasteiger partial charge in [0.05, 0.1) is 0 Å². The highest BCUT2D eigenvalue weighted by molar-refractivity contribution is 6.29. The standard InChI is InChI=1S/C15H14ClNO2/c1-11-13(7-8-18)14(9-15(16)17-11)19-10-12-5-3-2-4-6-12/h2-6,8-9H,7,10H2,1H3. The first-order valence-electron chi connectivity index (χ1n) is 5.97. The van der Waals surface area contributed by atoms with Crippen LogP contribution in [0.1, 0.15) is 16.8 Å². The summed E-state index contributed by atoms with van der Waals surface area (Å²) in [7, 11) is 0. The van der Waals surface area contributed by atoms with Crippen molar-refractivity contribution >= 4 is 17.9 Å². The number of rotatable bonds is 5. The minimum Gasteiger partial charge on any atom is -0.488 e. The smallest absolute Gasteiger partial charge is 0.133 e. The van der Waals surface area contributed by atoms with E-state index < -0.39 is 0 Å². The number of nitrogens with zero attached hydrogens (tertiary/aromatic N) is 1. The molecule has 0 unspecified atom stereocenters. The van der Waals surface area contributed by atoms with E-state index in [0.29, 0.717) is 17.5 Å². The average Bonchev–Trinajstić information content (AvgIpc) is 2.41. The Balaban J connectivity index is 2.21. The van der Waals surface area contributed by atoms with Crippen LogP contribution in [-0.4, -0.2) is 11.3 Å². The van der Waals surface area contributed by atoms with Gasteiger partial charge in [0.15, 0.2) is 0 Å². The molecule has 0 aliphatic carbocycles. The van der Waals surface area contributed by atoms with Gasteiger partial charge in [0.2, 0.25) is 0 Å². The molecule has 0 N–H and O–H groups in total. The highest BCUT2D eigenvalue weighted by atomic mass is 35.5. The molecule has 19 heavy (non-hydrogen) atoms. The van der Waals surface area contributed by atoms with E-state index >= 15 is 0 Å². The molecule has 1 aromatic carbocycles. The van der Waals surface area contributed by atoms with Crippen molar-refractivity contribution in [3.8, 4) is 5.75 Å². The van der Waals surface area contributed by atoms with Gasteiger partial charge in [-0.15, -0.1) is 0 Å². The van der Waals surface area contributed by atoms with Crippen LogP contribution < -0.4 is 4.74 Å². The molecule has 1 heterocycles. The number of aryl methyl sites for hydroxylation is 1. The topological polar surface area (TPSA) is 39.2 Å². The van der Waals surface area contributed by atoms with Crippen LogP contribution in [0, 0.1) is 6.92 Å². The molecule has 2 rings (SSSR count). The second kappa shape index (κ2) is 6.34. The van der Waals surface area contributed by atoms with E-state index in [1.807, 2.05) is 37.3 Å². The zero-order valence-electron chi connectivity index (χ0n) is 10.6. The molecule has 0 atom stereocenters. The number of carbonyl (C=O) groups is 1. The fourth-order valence-corrected chi connectivity index (χ4v) is 2.06. The highest BCUT2D eigenvalue weighted by Crippen LogP contribution is 2.25. The van der Waals surface area contributed by atoms with E-state index in [2.05, 4.69) is 4.98 Å². The summed E-state index contributed by atoms with van der Waals surface area (Å²) in [5.41, 5.74) is 2.57. The lowest BCUT2D eigenvalue weighted by atomic mass is 10.1. The second-order valence-corrected chi connectivity index (χ2v) is 4.54. The number of hydrogen-bond acceptors (Lipinski definition) is 3. The van der Waals surface area contributed by atoms with Gasteiger partial charge in [-0.3, -0.25) is 0 Å². The van der Waals surface area contributed by atoms with Crippen LogP contribution in [0.5, 0.6) is 5.75 Å². The van der Waals surface area contributed by atoms with E-state index in [4.69, 9.17) is 16.3 Å². The molecule has 2 aromatic rings. The van der Waals surface area contributed by atoms with Gasteiger partial charge in [-0.2, -0.15) is 0 Å². The number of aldehydes is 1. The van der Waals surface area contributed by atoms with E-state index in [9.17, 15) is 4.79 Å². The number of hydrogen-bond donors (Lipinski definition) is 0. The summed E-state index contributed by atoms with van der Waals surface area (Å²) in [5.74, 6) is 0.619. The Morgan fingerprint density at radius 2 is 2.05 bits per heavy atom. The highest BCUT2D eigenvalue weighted by Gasteiger charge is 2.10. The Kier molecular flexibility index (Phi) is 4.53. The fourth-order valence-electron chi connectivity index (χ4n) is 1.83. The van der Waals surface area contributed by atoms with Gasteiger partial charge in [0.25, 0.3) is 0 Å². The van der Waals surface area contributed by atoms with Gasteiger partial charge >= 0.3 is 0 Å². The number of carbonyl (C=O) groups excluding carboxylic acids is 1. The monoisotopic (exact) mass is 275 g/mol. The molecular weight excluding hydrogens is 262 g/mol. The van der Waals surface area contributed by atoms with Gasteiger partial charge in [0, 0.05) is 23.7 Å². The third-order valence-corrected chi connectivity index (χ3v) is 2.98. The Labute approximate surface area is 117 Å². The SMILES string of the molecule is Cc1nc(Cl)cc(OCc2ccccc2)c1CC=O. The third kappa shape index (κ3) is 3.55. The molecule has 0 aliphatic heterocycles. The molecular formula is C15H14ClNO2. The van der Waals surface area contributed by atoms with Crippen LogP contribution in [0.4, 0.5) is 0 Å². The fraction of sp³-hybridized carbons (Fsp3) is 0.200. The number of pyridine rings is 1. The number of aromatic nitrogens is 1. The summed E-state index contributed by atoms with van der Waals surface area (Å²) in [4.78, 5) is 14.9. The van der Waals surface area contributed by atoms with Gasteiger partial charge in [0.1, 0.15) is 23.8 Å². The Morgan fingerprint density at radius 1 is 1.32 bits per heavy atom. The number of halogens is 1. The normalized spacial score (nSPS) is 10.2. The Morgan fingerprint density at radius 3 is 2.74 bits per heavy atom. The van der Waals surface area contributed by atoms with Gasteiger partial charge < -0.3 is 9.53 Å². The molecule has 0 radical (unpaired) electrons. The summed E-state index contributed by atoms with van der Waals surface area (Å²) in [6.07, 6.45) is 1.12. The zero-order valence-corrected chi connectivity index (χ0v) is 11.4. The van der Waals surface area contributed by atoms with E-state index in [1.54, 1.807) is 6.07 Å². The van der Waals surface area contributed by atoms with Crippen molar-refractivity contribution in [3.05, 3.63) is 58.4 Å². The minimum atomic E-state index is 0.278. The van der Waals surface area contributed by atoms with E-state index in [0.717, 1.165) is 23.1 Å². The maximum absolute atomic E-state index is 10.7. The maximum atomic E-state index is 10.7. The molecule has 98 valence electrons. The van der Waals surface area contributed by atoms with E-state index in [1.165, 1.54) is 0 Å². The van der Waals surface area contributed by atoms with Crippen molar-refractivity contribution in [2.24, 2.45) is 0 Å². The molecule has 0 aliphatic rings. The first-order chi connectivity index (χ1) is 9.20. The van der Waals surface area contributed by atoms with Gasteiger partial charge in [-0.25, -0.2) is 4.98 Å². The molecule has 1 aromatic heterocycles. The zero-order chi connectivity index (χ0) is 13.7. The molecule has 4 heteroatoms. The maximum Gasteiger partial charge on any atom is 0.133 e. The number of benzene rings is 1. The van der Waals surface area contributed by atoms with Crippen LogP contribution in [0.25, 0.3) is 0 Å². The lowest BCUT2D eigenvalue weighted by Gasteiger charge is -2.12. The second-order valence-electron chi connectivity index (χ2n) is 4.15. The largest absolute Gasteiger partial charge is 0.488 e. The summed E-state index contributed by atoms with van der Waals surface area (Å²) in [6, 6.07) is 11.5. The molecule has 0 fully saturated rings. The minimum absolute atomic E-state index is 0.278. The lowest BCUT2D eigenvalue weighted by molar-refractivity contribution is -0.107. The van der Waals surface area contributed by atoms with Crippen LogP contribution in [-0.2, 0) is 17.8 Å². The Hall–Kier alpha value is -1.87.